The summed E-state index contributed by atoms with van der Waals surface area (Å²) >= 11 is 4.38. The Hall–Kier alpha value is -1.21. The first-order valence-corrected chi connectivity index (χ1v) is 8.02. The van der Waals surface area contributed by atoms with Crippen molar-refractivity contribution in [3.8, 4) is 11.1 Å². The fraction of sp³-hybridized carbons (Fsp3) is 0.368. The lowest BCUT2D eigenvalue weighted by Crippen LogP contribution is -1.81. The third-order valence-electron chi connectivity index (χ3n) is 3.02. The van der Waals surface area contributed by atoms with E-state index in [1.807, 2.05) is 13.8 Å². The Morgan fingerprint density at radius 1 is 0.900 bits per heavy atom. The number of hydrogen-bond acceptors (Lipinski definition) is 1. The minimum Gasteiger partial charge on any atom is -0.143 e. The molecule has 0 atom stereocenters. The molecule has 0 spiro atoms. The van der Waals surface area contributed by atoms with Crippen molar-refractivity contribution in [1.29, 1.82) is 0 Å². The summed E-state index contributed by atoms with van der Waals surface area (Å²) < 4.78 is 0. The summed E-state index contributed by atoms with van der Waals surface area (Å²) in [5.74, 6) is 0. The predicted molar refractivity (Wildman–Crippen MR) is 94.0 cm³/mol. The molecule has 0 aromatic heterocycles. The van der Waals surface area contributed by atoms with Crippen LogP contribution in [-0.4, -0.2) is 0 Å². The second-order valence-corrected chi connectivity index (χ2v) is 5.40. The molecule has 2 aromatic rings. The minimum absolute atomic E-state index is 1.05. The molecule has 0 aliphatic heterocycles. The molecule has 0 fully saturated rings. The molecule has 0 heterocycles. The smallest absolute Gasteiger partial charge is 0.00432 e. The average molecular weight is 286 g/mol. The molecular formula is C19H26S. The summed E-state index contributed by atoms with van der Waals surface area (Å²) in [6.07, 6.45) is 2.31. The summed E-state index contributed by atoms with van der Waals surface area (Å²) in [6, 6.07) is 13.1. The van der Waals surface area contributed by atoms with Crippen molar-refractivity contribution in [2.24, 2.45) is 0 Å². The van der Waals surface area contributed by atoms with Crippen molar-refractivity contribution in [3.63, 3.8) is 0 Å². The van der Waals surface area contributed by atoms with Gasteiger partial charge in [0.25, 0.3) is 0 Å². The Kier molecular flexibility index (Phi) is 6.87. The molecule has 0 unspecified atom stereocenters. The SMILES string of the molecule is CC.CCC.Cc1ccc2c(c1)Cc1cc(S)ccc1-2. The fourth-order valence-corrected chi connectivity index (χ4v) is 2.56. The fourth-order valence-electron chi connectivity index (χ4n) is 2.33. The number of thiol groups is 1. The Morgan fingerprint density at radius 3 is 2.00 bits per heavy atom. The molecule has 0 N–H and O–H groups in total. The normalized spacial score (nSPS) is 10.5. The molecule has 0 saturated carbocycles. The van der Waals surface area contributed by atoms with E-state index < -0.39 is 0 Å². The third-order valence-corrected chi connectivity index (χ3v) is 3.30. The van der Waals surface area contributed by atoms with Gasteiger partial charge < -0.3 is 0 Å². The first-order valence-electron chi connectivity index (χ1n) is 7.57. The number of benzene rings is 2. The molecule has 0 amide bonds. The Bertz CT molecular complexity index is 506. The van der Waals surface area contributed by atoms with Crippen LogP contribution in [0.15, 0.2) is 41.3 Å². The second kappa shape index (κ2) is 8.16. The van der Waals surface area contributed by atoms with Crippen LogP contribution < -0.4 is 0 Å². The highest BCUT2D eigenvalue weighted by atomic mass is 32.1. The van der Waals surface area contributed by atoms with E-state index in [1.165, 1.54) is 34.2 Å². The summed E-state index contributed by atoms with van der Waals surface area (Å²) in [5.41, 5.74) is 6.96. The van der Waals surface area contributed by atoms with Gasteiger partial charge in [-0.3, -0.25) is 0 Å². The van der Waals surface area contributed by atoms with Crippen molar-refractivity contribution in [3.05, 3.63) is 53.1 Å². The van der Waals surface area contributed by atoms with Gasteiger partial charge in [-0.2, -0.15) is 0 Å². The van der Waals surface area contributed by atoms with Gasteiger partial charge in [-0.25, -0.2) is 0 Å². The zero-order chi connectivity index (χ0) is 15.1. The van der Waals surface area contributed by atoms with Crippen molar-refractivity contribution >= 4 is 12.6 Å². The van der Waals surface area contributed by atoms with Crippen molar-refractivity contribution in [1.82, 2.24) is 0 Å². The van der Waals surface area contributed by atoms with Crippen molar-refractivity contribution < 1.29 is 0 Å². The summed E-state index contributed by atoms with van der Waals surface area (Å²) in [6.45, 7) is 10.4. The van der Waals surface area contributed by atoms with Crippen molar-refractivity contribution in [2.45, 2.75) is 52.4 Å². The van der Waals surface area contributed by atoms with Gasteiger partial charge in [0.05, 0.1) is 0 Å². The summed E-state index contributed by atoms with van der Waals surface area (Å²) in [7, 11) is 0. The Morgan fingerprint density at radius 2 is 1.40 bits per heavy atom. The first kappa shape index (κ1) is 16.8. The van der Waals surface area contributed by atoms with Crippen LogP contribution in [-0.2, 0) is 6.42 Å². The van der Waals surface area contributed by atoms with Crippen LogP contribution in [0.1, 0.15) is 50.8 Å². The van der Waals surface area contributed by atoms with Crippen LogP contribution in [0.25, 0.3) is 11.1 Å². The highest BCUT2D eigenvalue weighted by molar-refractivity contribution is 7.80. The molecule has 1 aliphatic carbocycles. The van der Waals surface area contributed by atoms with Crippen LogP contribution >= 0.6 is 12.6 Å². The van der Waals surface area contributed by atoms with E-state index in [2.05, 4.69) is 69.8 Å². The van der Waals surface area contributed by atoms with E-state index >= 15 is 0 Å². The van der Waals surface area contributed by atoms with Gasteiger partial charge in [0.2, 0.25) is 0 Å². The second-order valence-electron chi connectivity index (χ2n) is 4.89. The van der Waals surface area contributed by atoms with E-state index in [4.69, 9.17) is 0 Å². The lowest BCUT2D eigenvalue weighted by molar-refractivity contribution is 1.09. The average Bonchev–Trinajstić information content (AvgIpc) is 2.78. The minimum atomic E-state index is 1.05. The molecule has 0 nitrogen and oxygen atoms in total. The number of aryl methyl sites for hydroxylation is 1. The molecule has 108 valence electrons. The summed E-state index contributed by atoms with van der Waals surface area (Å²) in [5, 5.41) is 0. The lowest BCUT2D eigenvalue weighted by atomic mass is 10.0. The van der Waals surface area contributed by atoms with E-state index in [1.54, 1.807) is 0 Å². The van der Waals surface area contributed by atoms with Gasteiger partial charge >= 0.3 is 0 Å². The molecule has 20 heavy (non-hydrogen) atoms. The quantitative estimate of drug-likeness (QED) is 0.461. The standard InChI is InChI=1S/C14H12S.C3H8.C2H6/c1-9-2-4-13-10(6-9)7-11-8-12(15)3-5-14(11)13;1-3-2;1-2/h2-6,8,15H,7H2,1H3;3H2,1-2H3;1-2H3. The maximum Gasteiger partial charge on any atom is 0.00432 e. The zero-order valence-electron chi connectivity index (χ0n) is 13.3. The van der Waals surface area contributed by atoms with E-state index in [0.717, 1.165) is 11.3 Å². The Balaban J connectivity index is 0.000000357. The monoisotopic (exact) mass is 286 g/mol. The van der Waals surface area contributed by atoms with Gasteiger partial charge in [-0.1, -0.05) is 63.9 Å². The van der Waals surface area contributed by atoms with Crippen LogP contribution in [0.4, 0.5) is 0 Å². The molecule has 2 aromatic carbocycles. The van der Waals surface area contributed by atoms with E-state index in [0.29, 0.717) is 0 Å². The molecule has 0 bridgehead atoms. The first-order chi connectivity index (χ1) is 9.65. The largest absolute Gasteiger partial charge is 0.143 e. The van der Waals surface area contributed by atoms with E-state index in [-0.39, 0.29) is 0 Å². The maximum absolute atomic E-state index is 4.38. The van der Waals surface area contributed by atoms with Crippen LogP contribution in [0.5, 0.6) is 0 Å². The predicted octanol–water partition coefficient (Wildman–Crippen LogP) is 6.30. The summed E-state index contributed by atoms with van der Waals surface area (Å²) in [4.78, 5) is 1.05. The molecule has 3 rings (SSSR count). The van der Waals surface area contributed by atoms with Gasteiger partial charge in [0.1, 0.15) is 0 Å². The van der Waals surface area contributed by atoms with Gasteiger partial charge in [0, 0.05) is 4.90 Å². The van der Waals surface area contributed by atoms with Crippen LogP contribution in [0.2, 0.25) is 0 Å². The highest BCUT2D eigenvalue weighted by Crippen LogP contribution is 2.37. The Labute approximate surface area is 129 Å². The molecule has 0 radical (unpaired) electrons. The number of hydrogen-bond donors (Lipinski definition) is 1. The lowest BCUT2D eigenvalue weighted by Gasteiger charge is -2.01. The number of rotatable bonds is 0. The van der Waals surface area contributed by atoms with Crippen LogP contribution in [0, 0.1) is 6.92 Å². The van der Waals surface area contributed by atoms with E-state index in [9.17, 15) is 0 Å². The molecule has 1 aliphatic rings. The third kappa shape index (κ3) is 3.89. The highest BCUT2D eigenvalue weighted by Gasteiger charge is 2.17. The van der Waals surface area contributed by atoms with Gasteiger partial charge in [-0.15, -0.1) is 12.6 Å². The van der Waals surface area contributed by atoms with Gasteiger partial charge in [-0.05, 0) is 47.7 Å². The molecule has 0 saturated heterocycles. The molecular weight excluding hydrogens is 260 g/mol. The number of fused-ring (bicyclic) bond motifs is 3. The van der Waals surface area contributed by atoms with Gasteiger partial charge in [0.15, 0.2) is 0 Å². The van der Waals surface area contributed by atoms with Crippen molar-refractivity contribution in [2.75, 3.05) is 0 Å². The zero-order valence-corrected chi connectivity index (χ0v) is 14.2. The maximum atomic E-state index is 4.38. The molecule has 1 heteroatoms. The topological polar surface area (TPSA) is 0 Å². The van der Waals surface area contributed by atoms with Crippen LogP contribution in [0.3, 0.4) is 0 Å².